The van der Waals surface area contributed by atoms with Crippen LogP contribution in [0, 0.1) is 11.5 Å². The van der Waals surface area contributed by atoms with Crippen molar-refractivity contribution in [3.63, 3.8) is 0 Å². The van der Waals surface area contributed by atoms with E-state index in [0.29, 0.717) is 11.9 Å². The summed E-state index contributed by atoms with van der Waals surface area (Å²) in [6.07, 6.45) is 11.9. The number of hydrogen-bond donors (Lipinski definition) is 1. The van der Waals surface area contributed by atoms with Crippen LogP contribution in [0.1, 0.15) is 37.7 Å². The molecule has 1 aromatic carbocycles. The number of aliphatic imine (C=N–C) groups is 1. The quantitative estimate of drug-likeness (QED) is 0.509. The smallest absolute Gasteiger partial charge is 0.207 e. The Kier molecular flexibility index (Phi) is 5.18. The van der Waals surface area contributed by atoms with Gasteiger partial charge in [0.25, 0.3) is 0 Å². The van der Waals surface area contributed by atoms with Crippen molar-refractivity contribution in [2.75, 3.05) is 0 Å². The molecule has 3 nitrogen and oxygen atoms in total. The minimum absolute atomic E-state index is 0.460. The maximum absolute atomic E-state index is 8.75. The van der Waals surface area contributed by atoms with Crippen molar-refractivity contribution in [2.45, 2.75) is 38.1 Å². The summed E-state index contributed by atoms with van der Waals surface area (Å²) in [6, 6.07) is 10.5. The van der Waals surface area contributed by atoms with Gasteiger partial charge in [0.15, 0.2) is 0 Å². The van der Waals surface area contributed by atoms with Crippen LogP contribution in [-0.2, 0) is 0 Å². The van der Waals surface area contributed by atoms with E-state index in [9.17, 15) is 0 Å². The number of nitrogens with zero attached hydrogens (tertiary/aromatic N) is 2. The van der Waals surface area contributed by atoms with Gasteiger partial charge in [0, 0.05) is 6.04 Å². The molecule has 0 radical (unpaired) electrons. The number of benzene rings is 1. The van der Waals surface area contributed by atoms with Gasteiger partial charge in [0.2, 0.25) is 6.19 Å². The van der Waals surface area contributed by atoms with Crippen molar-refractivity contribution in [2.24, 2.45) is 4.99 Å². The number of amidine groups is 1. The fourth-order valence-electron chi connectivity index (χ4n) is 2.37. The Balaban J connectivity index is 1.98. The molecule has 1 aliphatic rings. The Morgan fingerprint density at radius 2 is 1.95 bits per heavy atom. The zero-order valence-electron chi connectivity index (χ0n) is 11.0. The van der Waals surface area contributed by atoms with Gasteiger partial charge in [-0.3, -0.25) is 0 Å². The van der Waals surface area contributed by atoms with E-state index in [4.69, 9.17) is 5.26 Å². The average Bonchev–Trinajstić information content (AvgIpc) is 2.47. The van der Waals surface area contributed by atoms with Crippen molar-refractivity contribution >= 4 is 11.9 Å². The van der Waals surface area contributed by atoms with Crippen LogP contribution in [0.25, 0.3) is 6.08 Å². The summed E-state index contributed by atoms with van der Waals surface area (Å²) < 4.78 is 0. The Labute approximate surface area is 114 Å². The number of rotatable bonds is 3. The van der Waals surface area contributed by atoms with E-state index in [1.807, 2.05) is 48.7 Å². The zero-order chi connectivity index (χ0) is 13.3. The normalized spacial score (nSPS) is 17.3. The second-order valence-corrected chi connectivity index (χ2v) is 4.82. The summed E-state index contributed by atoms with van der Waals surface area (Å²) in [4.78, 5) is 3.86. The van der Waals surface area contributed by atoms with Gasteiger partial charge in [-0.25, -0.2) is 0 Å². The average molecular weight is 253 g/mol. The molecule has 1 N–H and O–H groups in total. The molecule has 0 spiro atoms. The molecule has 0 aliphatic heterocycles. The van der Waals surface area contributed by atoms with E-state index in [0.717, 1.165) is 5.56 Å². The van der Waals surface area contributed by atoms with E-state index in [1.54, 1.807) is 0 Å². The van der Waals surface area contributed by atoms with Crippen molar-refractivity contribution in [3.8, 4) is 6.19 Å². The molecule has 19 heavy (non-hydrogen) atoms. The Hall–Kier alpha value is -2.08. The lowest BCUT2D eigenvalue weighted by molar-refractivity contribution is 0.414. The Morgan fingerprint density at radius 3 is 2.63 bits per heavy atom. The van der Waals surface area contributed by atoms with Crippen LogP contribution in [0.4, 0.5) is 0 Å². The third kappa shape index (κ3) is 4.59. The van der Waals surface area contributed by atoms with E-state index >= 15 is 0 Å². The van der Waals surface area contributed by atoms with Crippen molar-refractivity contribution in [1.82, 2.24) is 5.32 Å². The minimum Gasteiger partial charge on any atom is -0.367 e. The van der Waals surface area contributed by atoms with Crippen LogP contribution in [-0.4, -0.2) is 11.9 Å². The maximum Gasteiger partial charge on any atom is 0.207 e. The lowest BCUT2D eigenvalue weighted by atomic mass is 9.95. The Morgan fingerprint density at radius 1 is 1.21 bits per heavy atom. The highest BCUT2D eigenvalue weighted by Gasteiger charge is 2.13. The predicted octanol–water partition coefficient (Wildman–Crippen LogP) is 3.50. The second kappa shape index (κ2) is 7.38. The van der Waals surface area contributed by atoms with E-state index in [-0.39, 0.29) is 0 Å². The standard InChI is InChI=1S/C16H19N3/c17-13-18-16(19-15-9-5-2-6-10-15)12-11-14-7-3-1-4-8-14/h1,3-4,7-8,11-12,15H,2,5-6,9-10H2,(H,18,19). The molecule has 1 aliphatic carbocycles. The summed E-state index contributed by atoms with van der Waals surface area (Å²) in [5.41, 5.74) is 1.11. The van der Waals surface area contributed by atoms with Crippen molar-refractivity contribution < 1.29 is 0 Å². The number of nitrogens with one attached hydrogen (secondary N) is 1. The molecular weight excluding hydrogens is 234 g/mol. The van der Waals surface area contributed by atoms with Gasteiger partial charge in [0.1, 0.15) is 5.84 Å². The topological polar surface area (TPSA) is 48.2 Å². The summed E-state index contributed by atoms with van der Waals surface area (Å²) >= 11 is 0. The first kappa shape index (κ1) is 13.4. The molecule has 0 saturated heterocycles. The van der Waals surface area contributed by atoms with Gasteiger partial charge in [-0.1, -0.05) is 55.7 Å². The molecule has 0 atom stereocenters. The van der Waals surface area contributed by atoms with Gasteiger partial charge in [0.05, 0.1) is 0 Å². The first-order chi connectivity index (χ1) is 9.38. The minimum atomic E-state index is 0.460. The monoisotopic (exact) mass is 253 g/mol. The number of nitriles is 1. The fourth-order valence-corrected chi connectivity index (χ4v) is 2.37. The lowest BCUT2D eigenvalue weighted by Gasteiger charge is -2.23. The highest BCUT2D eigenvalue weighted by atomic mass is 15.0. The highest BCUT2D eigenvalue weighted by Crippen LogP contribution is 2.17. The molecule has 1 aromatic rings. The first-order valence-electron chi connectivity index (χ1n) is 6.85. The van der Waals surface area contributed by atoms with E-state index < -0.39 is 0 Å². The Bertz CT molecular complexity index is 476. The second-order valence-electron chi connectivity index (χ2n) is 4.82. The molecule has 0 heterocycles. The van der Waals surface area contributed by atoms with Gasteiger partial charge in [-0.05, 0) is 24.5 Å². The van der Waals surface area contributed by atoms with Crippen LogP contribution >= 0.6 is 0 Å². The van der Waals surface area contributed by atoms with E-state index in [1.165, 1.54) is 32.1 Å². The zero-order valence-corrected chi connectivity index (χ0v) is 11.0. The predicted molar refractivity (Wildman–Crippen MR) is 78.5 cm³/mol. The molecule has 3 heteroatoms. The molecule has 0 unspecified atom stereocenters. The van der Waals surface area contributed by atoms with Gasteiger partial charge < -0.3 is 5.32 Å². The van der Waals surface area contributed by atoms with Crippen LogP contribution in [0.5, 0.6) is 0 Å². The van der Waals surface area contributed by atoms with Crippen LogP contribution in [0.2, 0.25) is 0 Å². The molecule has 98 valence electrons. The summed E-state index contributed by atoms with van der Waals surface area (Å²) in [5, 5.41) is 12.1. The molecule has 1 fully saturated rings. The van der Waals surface area contributed by atoms with Crippen molar-refractivity contribution in [1.29, 1.82) is 5.26 Å². The summed E-state index contributed by atoms with van der Waals surface area (Å²) in [7, 11) is 0. The summed E-state index contributed by atoms with van der Waals surface area (Å²) in [5.74, 6) is 0.665. The number of hydrogen-bond acceptors (Lipinski definition) is 2. The van der Waals surface area contributed by atoms with Gasteiger partial charge >= 0.3 is 0 Å². The lowest BCUT2D eigenvalue weighted by Crippen LogP contribution is -2.35. The van der Waals surface area contributed by atoms with Crippen LogP contribution in [0.15, 0.2) is 41.4 Å². The van der Waals surface area contributed by atoms with Crippen LogP contribution < -0.4 is 5.32 Å². The fraction of sp³-hybridized carbons (Fsp3) is 0.375. The van der Waals surface area contributed by atoms with Crippen LogP contribution in [0.3, 0.4) is 0 Å². The first-order valence-corrected chi connectivity index (χ1v) is 6.85. The molecule has 0 bridgehead atoms. The highest BCUT2D eigenvalue weighted by molar-refractivity contribution is 5.97. The maximum atomic E-state index is 8.75. The third-order valence-electron chi connectivity index (χ3n) is 3.36. The largest absolute Gasteiger partial charge is 0.367 e. The van der Waals surface area contributed by atoms with E-state index in [2.05, 4.69) is 10.3 Å². The SMILES string of the molecule is N#CN=C(C=Cc1ccccc1)NC1CCCCC1. The van der Waals surface area contributed by atoms with Gasteiger partial charge in [-0.2, -0.15) is 10.3 Å². The molecular formula is C16H19N3. The summed E-state index contributed by atoms with van der Waals surface area (Å²) in [6.45, 7) is 0. The van der Waals surface area contributed by atoms with Crippen molar-refractivity contribution in [3.05, 3.63) is 42.0 Å². The van der Waals surface area contributed by atoms with Gasteiger partial charge in [-0.15, -0.1) is 0 Å². The third-order valence-corrected chi connectivity index (χ3v) is 3.36. The molecule has 2 rings (SSSR count). The molecule has 0 amide bonds. The molecule has 0 aromatic heterocycles. The molecule has 1 saturated carbocycles.